The number of aromatic nitrogens is 5. The Hall–Kier alpha value is -1.83. The number of anilines is 1. The van der Waals surface area contributed by atoms with Crippen LogP contribution in [0.25, 0.3) is 0 Å². The molecule has 90 valence electrons. The van der Waals surface area contributed by atoms with Gasteiger partial charge in [0.2, 0.25) is 5.88 Å². The van der Waals surface area contributed by atoms with E-state index in [0.29, 0.717) is 16.9 Å². The van der Waals surface area contributed by atoms with Gasteiger partial charge in [-0.1, -0.05) is 11.8 Å². The highest BCUT2D eigenvalue weighted by atomic mass is 32.2. The molecule has 0 fully saturated rings. The summed E-state index contributed by atoms with van der Waals surface area (Å²) in [6.07, 6.45) is 3.46. The van der Waals surface area contributed by atoms with Crippen LogP contribution < -0.4 is 10.1 Å². The lowest BCUT2D eigenvalue weighted by Gasteiger charge is -2.05. The Morgan fingerprint density at radius 3 is 2.82 bits per heavy atom. The molecule has 0 spiro atoms. The van der Waals surface area contributed by atoms with Crippen LogP contribution in [0.1, 0.15) is 0 Å². The van der Waals surface area contributed by atoms with Gasteiger partial charge in [-0.25, -0.2) is 4.98 Å². The molecule has 0 unspecified atom stereocenters. The molecule has 0 saturated heterocycles. The molecule has 0 radical (unpaired) electrons. The van der Waals surface area contributed by atoms with Crippen LogP contribution in [0, 0.1) is 0 Å². The van der Waals surface area contributed by atoms with E-state index in [-0.39, 0.29) is 6.01 Å². The fraction of sp³-hybridized carbons (Fsp3) is 0.333. The van der Waals surface area contributed by atoms with Crippen LogP contribution in [0.15, 0.2) is 17.6 Å². The van der Waals surface area contributed by atoms with Crippen molar-refractivity contribution in [2.24, 2.45) is 7.05 Å². The molecule has 0 aliphatic heterocycles. The first-order chi connectivity index (χ1) is 8.21. The lowest BCUT2D eigenvalue weighted by atomic mass is 10.5. The third-order valence-electron chi connectivity index (χ3n) is 1.90. The molecule has 0 saturated carbocycles. The Kier molecular flexibility index (Phi) is 3.43. The number of nitrogens with one attached hydrogen (secondary N) is 1. The number of rotatable bonds is 4. The third-order valence-corrected chi connectivity index (χ3v) is 2.44. The Labute approximate surface area is 103 Å². The van der Waals surface area contributed by atoms with Crippen molar-refractivity contribution in [1.82, 2.24) is 24.7 Å². The summed E-state index contributed by atoms with van der Waals surface area (Å²) in [6, 6.07) is 1.95. The molecule has 2 heterocycles. The molecule has 2 aromatic heterocycles. The summed E-state index contributed by atoms with van der Waals surface area (Å²) in [4.78, 5) is 12.4. The van der Waals surface area contributed by atoms with Crippen LogP contribution in [0.4, 0.5) is 5.82 Å². The fourth-order valence-electron chi connectivity index (χ4n) is 1.14. The van der Waals surface area contributed by atoms with Gasteiger partial charge in [0, 0.05) is 20.2 Å². The van der Waals surface area contributed by atoms with Crippen LogP contribution in [0.2, 0.25) is 0 Å². The largest absolute Gasteiger partial charge is 0.404 e. The number of ether oxygens (including phenoxy) is 1. The van der Waals surface area contributed by atoms with Crippen LogP contribution in [-0.2, 0) is 7.05 Å². The third kappa shape index (κ3) is 2.84. The zero-order valence-electron chi connectivity index (χ0n) is 9.71. The second kappa shape index (κ2) is 5.00. The Balaban J connectivity index is 2.25. The van der Waals surface area contributed by atoms with Crippen molar-refractivity contribution in [1.29, 1.82) is 0 Å². The predicted molar refractivity (Wildman–Crippen MR) is 64.4 cm³/mol. The standard InChI is InChI=1S/C9H12N6OS/c1-10-6-4-7(13-9(12-6)17-3)16-8-11-5-15(2)14-8/h4-5H,1-3H3,(H,10,12,13). The van der Waals surface area contributed by atoms with Crippen molar-refractivity contribution < 1.29 is 4.74 Å². The van der Waals surface area contributed by atoms with E-state index in [9.17, 15) is 0 Å². The van der Waals surface area contributed by atoms with E-state index in [1.165, 1.54) is 11.8 Å². The van der Waals surface area contributed by atoms with E-state index in [2.05, 4.69) is 25.4 Å². The summed E-state index contributed by atoms with van der Waals surface area (Å²) >= 11 is 1.44. The molecule has 1 N–H and O–H groups in total. The maximum absolute atomic E-state index is 5.44. The molecule has 0 atom stereocenters. The zero-order chi connectivity index (χ0) is 12.3. The summed E-state index contributed by atoms with van der Waals surface area (Å²) < 4.78 is 7.00. The maximum Gasteiger partial charge on any atom is 0.342 e. The van der Waals surface area contributed by atoms with E-state index in [1.807, 2.05) is 6.26 Å². The van der Waals surface area contributed by atoms with Crippen molar-refractivity contribution in [3.8, 4) is 11.9 Å². The van der Waals surface area contributed by atoms with Gasteiger partial charge < -0.3 is 10.1 Å². The Bertz CT molecular complexity index is 492. The molecular weight excluding hydrogens is 240 g/mol. The van der Waals surface area contributed by atoms with Gasteiger partial charge in [0.1, 0.15) is 12.1 Å². The first kappa shape index (κ1) is 11.6. The van der Waals surface area contributed by atoms with Gasteiger partial charge in [-0.2, -0.15) is 9.97 Å². The van der Waals surface area contributed by atoms with Crippen molar-refractivity contribution in [2.45, 2.75) is 5.16 Å². The number of hydrogen-bond acceptors (Lipinski definition) is 7. The van der Waals surface area contributed by atoms with Gasteiger partial charge in [-0.05, 0) is 6.26 Å². The second-order valence-corrected chi connectivity index (χ2v) is 3.90. The van der Waals surface area contributed by atoms with Gasteiger partial charge in [0.15, 0.2) is 5.16 Å². The highest BCUT2D eigenvalue weighted by Crippen LogP contribution is 2.21. The molecule has 8 heteroatoms. The summed E-state index contributed by atoms with van der Waals surface area (Å²) in [7, 11) is 3.56. The maximum atomic E-state index is 5.44. The number of nitrogens with zero attached hydrogens (tertiary/aromatic N) is 5. The van der Waals surface area contributed by atoms with Gasteiger partial charge in [0.25, 0.3) is 0 Å². The predicted octanol–water partition coefficient (Wildman–Crippen LogP) is 1.16. The Morgan fingerprint density at radius 2 is 2.24 bits per heavy atom. The van der Waals surface area contributed by atoms with Gasteiger partial charge in [0.05, 0.1) is 0 Å². The molecule has 7 nitrogen and oxygen atoms in total. The topological polar surface area (TPSA) is 77.8 Å². The quantitative estimate of drug-likeness (QED) is 0.646. The molecular formula is C9H12N6OS. The average molecular weight is 252 g/mol. The first-order valence-corrected chi connectivity index (χ1v) is 6.08. The van der Waals surface area contributed by atoms with Gasteiger partial charge in [-0.15, -0.1) is 5.10 Å². The second-order valence-electron chi connectivity index (χ2n) is 3.13. The fourth-order valence-corrected chi connectivity index (χ4v) is 1.51. The number of aryl methyl sites for hydroxylation is 1. The lowest BCUT2D eigenvalue weighted by molar-refractivity contribution is 0.417. The molecule has 0 aliphatic rings. The lowest BCUT2D eigenvalue weighted by Crippen LogP contribution is -1.99. The minimum atomic E-state index is 0.264. The van der Waals surface area contributed by atoms with Gasteiger partial charge in [-0.3, -0.25) is 4.68 Å². The summed E-state index contributed by atoms with van der Waals surface area (Å²) in [6.45, 7) is 0. The van der Waals surface area contributed by atoms with Crippen LogP contribution in [0.5, 0.6) is 11.9 Å². The highest BCUT2D eigenvalue weighted by Gasteiger charge is 2.07. The average Bonchev–Trinajstić information content (AvgIpc) is 2.74. The van der Waals surface area contributed by atoms with Crippen molar-refractivity contribution in [3.05, 3.63) is 12.4 Å². The number of hydrogen-bond donors (Lipinski definition) is 1. The summed E-state index contributed by atoms with van der Waals surface area (Å²) in [5, 5.41) is 7.58. The van der Waals surface area contributed by atoms with Crippen molar-refractivity contribution in [2.75, 3.05) is 18.6 Å². The van der Waals surface area contributed by atoms with Gasteiger partial charge >= 0.3 is 6.01 Å². The van der Waals surface area contributed by atoms with Crippen LogP contribution >= 0.6 is 11.8 Å². The van der Waals surface area contributed by atoms with E-state index in [1.54, 1.807) is 31.2 Å². The summed E-state index contributed by atoms with van der Waals surface area (Å²) in [5.74, 6) is 1.11. The highest BCUT2D eigenvalue weighted by molar-refractivity contribution is 7.98. The molecule has 0 aromatic carbocycles. The van der Waals surface area contributed by atoms with Crippen LogP contribution in [0.3, 0.4) is 0 Å². The molecule has 0 aliphatic carbocycles. The van der Waals surface area contributed by atoms with E-state index in [0.717, 1.165) is 0 Å². The molecule has 2 rings (SSSR count). The SMILES string of the molecule is CNc1cc(Oc2ncn(C)n2)nc(SC)n1. The first-order valence-electron chi connectivity index (χ1n) is 4.85. The molecule has 0 amide bonds. The summed E-state index contributed by atoms with van der Waals surface area (Å²) in [5.41, 5.74) is 0. The zero-order valence-corrected chi connectivity index (χ0v) is 10.5. The Morgan fingerprint density at radius 1 is 1.41 bits per heavy atom. The molecule has 17 heavy (non-hydrogen) atoms. The van der Waals surface area contributed by atoms with E-state index < -0.39 is 0 Å². The van der Waals surface area contributed by atoms with E-state index >= 15 is 0 Å². The molecule has 0 bridgehead atoms. The van der Waals surface area contributed by atoms with Crippen molar-refractivity contribution >= 4 is 17.6 Å². The monoisotopic (exact) mass is 252 g/mol. The number of thioether (sulfide) groups is 1. The van der Waals surface area contributed by atoms with E-state index in [4.69, 9.17) is 4.74 Å². The van der Waals surface area contributed by atoms with Crippen LogP contribution in [-0.4, -0.2) is 38.0 Å². The van der Waals surface area contributed by atoms with Crippen molar-refractivity contribution in [3.63, 3.8) is 0 Å². The minimum absolute atomic E-state index is 0.264. The minimum Gasteiger partial charge on any atom is -0.404 e. The smallest absolute Gasteiger partial charge is 0.342 e. The normalized spacial score (nSPS) is 10.3. The molecule has 2 aromatic rings.